The Balaban J connectivity index is 2.02. The second kappa shape index (κ2) is 5.46. The molecule has 0 radical (unpaired) electrons. The Labute approximate surface area is 115 Å². The highest BCUT2D eigenvalue weighted by Crippen LogP contribution is 2.38. The minimum absolute atomic E-state index is 0.0975. The molecule has 0 aromatic rings. The lowest BCUT2D eigenvalue weighted by Crippen LogP contribution is -2.61. The SMILES string of the molecule is O=S(=O)([O-])NC1CC2C(O)CC1OC2COS(=O)(=O)[O-]. The van der Waals surface area contributed by atoms with Crippen LogP contribution in [0.5, 0.6) is 0 Å². The van der Waals surface area contributed by atoms with Gasteiger partial charge in [-0.05, 0) is 6.42 Å². The molecule has 118 valence electrons. The molecule has 2 heterocycles. The van der Waals surface area contributed by atoms with Crippen molar-refractivity contribution in [3.8, 4) is 0 Å². The van der Waals surface area contributed by atoms with Gasteiger partial charge in [-0.2, -0.15) is 0 Å². The van der Waals surface area contributed by atoms with E-state index in [-0.39, 0.29) is 12.8 Å². The van der Waals surface area contributed by atoms with Crippen molar-refractivity contribution in [3.63, 3.8) is 0 Å². The molecular formula is C8H13NO9S2-2. The van der Waals surface area contributed by atoms with Gasteiger partial charge in [0.05, 0.1) is 24.9 Å². The smallest absolute Gasteiger partial charge is 0.217 e. The molecule has 2 aliphatic heterocycles. The number of aliphatic hydroxyl groups excluding tert-OH is 1. The highest BCUT2D eigenvalue weighted by molar-refractivity contribution is 7.83. The average molecular weight is 331 g/mol. The summed E-state index contributed by atoms with van der Waals surface area (Å²) < 4.78 is 74.5. The predicted molar refractivity (Wildman–Crippen MR) is 59.7 cm³/mol. The van der Waals surface area contributed by atoms with Crippen molar-refractivity contribution in [2.24, 2.45) is 5.92 Å². The van der Waals surface area contributed by atoms with Gasteiger partial charge >= 0.3 is 0 Å². The molecule has 1 saturated carbocycles. The van der Waals surface area contributed by atoms with Crippen LogP contribution in [0.4, 0.5) is 0 Å². The van der Waals surface area contributed by atoms with Gasteiger partial charge in [0.15, 0.2) is 10.3 Å². The molecule has 2 N–H and O–H groups in total. The summed E-state index contributed by atoms with van der Waals surface area (Å²) in [4.78, 5) is 0. The van der Waals surface area contributed by atoms with E-state index in [4.69, 9.17) is 4.74 Å². The van der Waals surface area contributed by atoms with Gasteiger partial charge in [-0.15, -0.1) is 0 Å². The van der Waals surface area contributed by atoms with Gasteiger partial charge in [0.1, 0.15) is 0 Å². The number of hydrogen-bond acceptors (Lipinski definition) is 9. The lowest BCUT2D eigenvalue weighted by Gasteiger charge is -2.49. The third kappa shape index (κ3) is 4.08. The highest BCUT2D eigenvalue weighted by Gasteiger charge is 2.48. The van der Waals surface area contributed by atoms with Crippen molar-refractivity contribution in [2.45, 2.75) is 37.2 Å². The second-order valence-corrected chi connectivity index (χ2v) is 6.98. The van der Waals surface area contributed by atoms with Crippen LogP contribution in [0, 0.1) is 5.92 Å². The van der Waals surface area contributed by atoms with Gasteiger partial charge in [0, 0.05) is 18.4 Å². The summed E-state index contributed by atoms with van der Waals surface area (Å²) in [5.41, 5.74) is 0. The molecule has 0 aromatic heterocycles. The lowest BCUT2D eigenvalue weighted by atomic mass is 9.75. The summed E-state index contributed by atoms with van der Waals surface area (Å²) in [6.07, 6.45) is -2.26. The molecule has 3 rings (SSSR count). The summed E-state index contributed by atoms with van der Waals surface area (Å²) in [7, 11) is -9.53. The molecule has 2 bridgehead atoms. The molecule has 3 fully saturated rings. The van der Waals surface area contributed by atoms with Crippen LogP contribution in [0.1, 0.15) is 12.8 Å². The van der Waals surface area contributed by atoms with Gasteiger partial charge in [0.2, 0.25) is 10.4 Å². The zero-order valence-corrected chi connectivity index (χ0v) is 11.7. The third-order valence-corrected chi connectivity index (χ3v) is 4.46. The first kappa shape index (κ1) is 16.0. The summed E-state index contributed by atoms with van der Waals surface area (Å²) in [5.74, 6) is -0.624. The number of rotatable bonds is 5. The molecule has 0 aromatic carbocycles. The summed E-state index contributed by atoms with van der Waals surface area (Å²) >= 11 is 0. The van der Waals surface area contributed by atoms with Crippen molar-refractivity contribution in [1.82, 2.24) is 4.72 Å². The van der Waals surface area contributed by atoms with E-state index in [0.717, 1.165) is 0 Å². The van der Waals surface area contributed by atoms with E-state index in [9.17, 15) is 31.0 Å². The van der Waals surface area contributed by atoms with E-state index >= 15 is 0 Å². The Morgan fingerprint density at radius 2 is 1.90 bits per heavy atom. The molecule has 0 amide bonds. The van der Waals surface area contributed by atoms with Crippen LogP contribution in [0.15, 0.2) is 0 Å². The van der Waals surface area contributed by atoms with E-state index in [2.05, 4.69) is 4.18 Å². The first-order valence-electron chi connectivity index (χ1n) is 5.72. The first-order valence-corrected chi connectivity index (χ1v) is 8.46. The average Bonchev–Trinajstić information content (AvgIpc) is 2.25. The standard InChI is InChI=1S/C8H15NO9S2/c10-6-2-7-5(9-19(11,12)13)1-4(6)8(18-7)3-17-20(14,15)16/h4-10H,1-3H2,(H,11,12,13)(H,14,15,16)/p-2. The Morgan fingerprint density at radius 1 is 1.25 bits per heavy atom. The fourth-order valence-electron chi connectivity index (χ4n) is 2.68. The maximum Gasteiger partial charge on any atom is 0.217 e. The third-order valence-electron chi connectivity index (χ3n) is 3.44. The fourth-order valence-corrected chi connectivity index (χ4v) is 3.60. The lowest BCUT2D eigenvalue weighted by molar-refractivity contribution is -0.192. The normalized spacial score (nSPS) is 38.0. The molecule has 12 heteroatoms. The minimum atomic E-state index is -4.87. The topological polar surface area (TPSA) is 165 Å². The van der Waals surface area contributed by atoms with Gasteiger partial charge < -0.3 is 18.9 Å². The zero-order valence-electron chi connectivity index (χ0n) is 10.0. The van der Waals surface area contributed by atoms with Crippen LogP contribution < -0.4 is 4.72 Å². The Kier molecular flexibility index (Phi) is 4.37. The quantitative estimate of drug-likeness (QED) is 0.406. The maximum absolute atomic E-state index is 10.7. The summed E-state index contributed by atoms with van der Waals surface area (Å²) in [6, 6.07) is -0.786. The Hall–Kier alpha value is -0.340. The van der Waals surface area contributed by atoms with E-state index in [0.29, 0.717) is 0 Å². The van der Waals surface area contributed by atoms with Crippen LogP contribution in [0.25, 0.3) is 0 Å². The molecule has 20 heavy (non-hydrogen) atoms. The number of fused-ring (bicyclic) bond motifs is 3. The number of ether oxygens (including phenoxy) is 1. The van der Waals surface area contributed by atoms with Crippen molar-refractivity contribution in [2.75, 3.05) is 6.61 Å². The fraction of sp³-hybridized carbons (Fsp3) is 1.00. The molecule has 5 atom stereocenters. The number of hydrogen-bond donors (Lipinski definition) is 2. The van der Waals surface area contributed by atoms with Gasteiger partial charge in [-0.25, -0.2) is 21.6 Å². The van der Waals surface area contributed by atoms with Crippen LogP contribution in [0.3, 0.4) is 0 Å². The van der Waals surface area contributed by atoms with Crippen LogP contribution in [-0.4, -0.2) is 62.0 Å². The van der Waals surface area contributed by atoms with E-state index in [1.54, 1.807) is 0 Å². The molecule has 0 spiro atoms. The van der Waals surface area contributed by atoms with E-state index in [1.807, 2.05) is 4.72 Å². The van der Waals surface area contributed by atoms with Gasteiger partial charge in [-0.3, -0.25) is 4.18 Å². The molecule has 5 unspecified atom stereocenters. The molecule has 1 aliphatic carbocycles. The Morgan fingerprint density at radius 3 is 2.40 bits per heavy atom. The molecule has 10 nitrogen and oxygen atoms in total. The maximum atomic E-state index is 10.7. The van der Waals surface area contributed by atoms with E-state index in [1.165, 1.54) is 0 Å². The van der Waals surface area contributed by atoms with Crippen molar-refractivity contribution < 1.29 is 40.0 Å². The number of nitrogens with one attached hydrogen (secondary N) is 1. The first-order chi connectivity index (χ1) is 9.05. The van der Waals surface area contributed by atoms with Crippen LogP contribution in [-0.2, 0) is 29.6 Å². The molecule has 3 aliphatic rings. The van der Waals surface area contributed by atoms with Crippen molar-refractivity contribution >= 4 is 20.7 Å². The van der Waals surface area contributed by atoms with E-state index < -0.39 is 57.6 Å². The molecule has 2 saturated heterocycles. The van der Waals surface area contributed by atoms with Gasteiger partial charge in [0.25, 0.3) is 0 Å². The summed E-state index contributed by atoms with van der Waals surface area (Å²) in [5, 5.41) is 9.80. The monoisotopic (exact) mass is 331 g/mol. The van der Waals surface area contributed by atoms with Crippen molar-refractivity contribution in [3.05, 3.63) is 0 Å². The Bertz CT molecular complexity index is 558. The van der Waals surface area contributed by atoms with Crippen LogP contribution in [0.2, 0.25) is 0 Å². The highest BCUT2D eigenvalue weighted by atomic mass is 32.3. The summed E-state index contributed by atoms with van der Waals surface area (Å²) in [6.45, 7) is -0.555. The predicted octanol–water partition coefficient (Wildman–Crippen LogP) is -2.58. The minimum Gasteiger partial charge on any atom is -0.735 e. The zero-order chi connectivity index (χ0) is 15.1. The van der Waals surface area contributed by atoms with Gasteiger partial charge in [-0.1, -0.05) is 0 Å². The van der Waals surface area contributed by atoms with Crippen molar-refractivity contribution in [1.29, 1.82) is 0 Å². The largest absolute Gasteiger partial charge is 0.735 e. The van der Waals surface area contributed by atoms with Crippen LogP contribution >= 0.6 is 0 Å². The second-order valence-electron chi connectivity index (χ2n) is 4.79. The molecular weight excluding hydrogens is 318 g/mol. The number of aliphatic hydroxyl groups is 1.